The second kappa shape index (κ2) is 6.41. The van der Waals surface area contributed by atoms with Crippen molar-refractivity contribution in [3.05, 3.63) is 91.9 Å². The fourth-order valence-corrected chi connectivity index (χ4v) is 3.66. The molecule has 0 radical (unpaired) electrons. The molecular weight excluding hydrogens is 449 g/mol. The predicted molar refractivity (Wildman–Crippen MR) is 99.0 cm³/mol. The van der Waals surface area contributed by atoms with E-state index in [9.17, 15) is 8.78 Å². The van der Waals surface area contributed by atoms with E-state index in [-0.39, 0.29) is 10.2 Å². The van der Waals surface area contributed by atoms with Crippen LogP contribution in [0.3, 0.4) is 0 Å². The SMILES string of the molecule is Fc1ccc([C@]2(c3ccc(Cl)cc3Cl)Oc3cc(F)c(Br)cc3O2)cc1. The molecule has 0 spiro atoms. The third kappa shape index (κ3) is 2.84. The fraction of sp³-hybridized carbons (Fsp3) is 0.0526. The minimum atomic E-state index is -1.50. The summed E-state index contributed by atoms with van der Waals surface area (Å²) in [5, 5.41) is 0.742. The smallest absolute Gasteiger partial charge is 0.307 e. The van der Waals surface area contributed by atoms with E-state index in [4.69, 9.17) is 32.7 Å². The van der Waals surface area contributed by atoms with E-state index in [1.54, 1.807) is 18.2 Å². The monoisotopic (exact) mass is 456 g/mol. The van der Waals surface area contributed by atoms with Crippen molar-refractivity contribution in [2.75, 3.05) is 0 Å². The molecule has 1 aliphatic heterocycles. The van der Waals surface area contributed by atoms with E-state index in [0.29, 0.717) is 26.9 Å². The molecule has 3 aromatic carbocycles. The minimum Gasteiger partial charge on any atom is -0.440 e. The highest BCUT2D eigenvalue weighted by Gasteiger charge is 2.47. The summed E-state index contributed by atoms with van der Waals surface area (Å²) in [4.78, 5) is 0. The molecule has 1 atom stereocenters. The van der Waals surface area contributed by atoms with Crippen LogP contribution in [0.25, 0.3) is 0 Å². The van der Waals surface area contributed by atoms with Gasteiger partial charge in [-0.2, -0.15) is 0 Å². The first-order valence-electron chi connectivity index (χ1n) is 7.48. The lowest BCUT2D eigenvalue weighted by Gasteiger charge is -2.29. The zero-order valence-electron chi connectivity index (χ0n) is 12.9. The summed E-state index contributed by atoms with van der Waals surface area (Å²) in [6.45, 7) is 0. The Bertz CT molecular complexity index is 978. The van der Waals surface area contributed by atoms with Gasteiger partial charge < -0.3 is 9.47 Å². The van der Waals surface area contributed by atoms with Gasteiger partial charge in [0, 0.05) is 22.7 Å². The van der Waals surface area contributed by atoms with Gasteiger partial charge >= 0.3 is 5.79 Å². The van der Waals surface area contributed by atoms with Crippen molar-refractivity contribution < 1.29 is 18.3 Å². The first-order chi connectivity index (χ1) is 12.4. The quantitative estimate of drug-likeness (QED) is 0.426. The largest absolute Gasteiger partial charge is 0.440 e. The molecule has 7 heteroatoms. The van der Waals surface area contributed by atoms with E-state index in [0.717, 1.165) is 0 Å². The second-order valence-electron chi connectivity index (χ2n) is 5.66. The van der Waals surface area contributed by atoms with Gasteiger partial charge in [0.25, 0.3) is 0 Å². The Balaban J connectivity index is 1.93. The highest BCUT2D eigenvalue weighted by Crippen LogP contribution is 2.50. The summed E-state index contributed by atoms with van der Waals surface area (Å²) >= 11 is 15.5. The molecular formula is C19H9BrCl2F2O2. The molecule has 132 valence electrons. The maximum absolute atomic E-state index is 13.9. The maximum Gasteiger partial charge on any atom is 0.307 e. The lowest BCUT2D eigenvalue weighted by atomic mass is 9.97. The first-order valence-corrected chi connectivity index (χ1v) is 9.02. The Morgan fingerprint density at radius 3 is 2.15 bits per heavy atom. The zero-order valence-corrected chi connectivity index (χ0v) is 16.0. The number of fused-ring (bicyclic) bond motifs is 1. The van der Waals surface area contributed by atoms with Crippen molar-refractivity contribution in [1.29, 1.82) is 0 Å². The lowest BCUT2D eigenvalue weighted by molar-refractivity contribution is -0.0459. The number of benzene rings is 3. The fourth-order valence-electron chi connectivity index (χ4n) is 2.81. The van der Waals surface area contributed by atoms with Gasteiger partial charge in [0.2, 0.25) is 0 Å². The highest BCUT2D eigenvalue weighted by molar-refractivity contribution is 9.10. The van der Waals surface area contributed by atoms with Gasteiger partial charge in [0.15, 0.2) is 11.5 Å². The summed E-state index contributed by atoms with van der Waals surface area (Å²) in [7, 11) is 0. The molecule has 2 nitrogen and oxygen atoms in total. The Labute approximate surface area is 166 Å². The molecule has 0 unspecified atom stereocenters. The predicted octanol–water partition coefficient (Wildman–Crippen LogP) is 6.71. The second-order valence-corrected chi connectivity index (χ2v) is 7.36. The molecule has 0 saturated carbocycles. The average molecular weight is 458 g/mol. The van der Waals surface area contributed by atoms with Gasteiger partial charge in [0.05, 0.1) is 15.1 Å². The van der Waals surface area contributed by atoms with Crippen LogP contribution in [0.4, 0.5) is 8.78 Å². The number of hydrogen-bond donors (Lipinski definition) is 0. The summed E-state index contributed by atoms with van der Waals surface area (Å²) in [5.41, 5.74) is 0.957. The van der Waals surface area contributed by atoms with Crippen LogP contribution in [0.5, 0.6) is 11.5 Å². The van der Waals surface area contributed by atoms with Crippen LogP contribution in [0.15, 0.2) is 59.1 Å². The van der Waals surface area contributed by atoms with Gasteiger partial charge in [-0.15, -0.1) is 0 Å². The molecule has 3 aromatic rings. The number of halogens is 5. The van der Waals surface area contributed by atoms with Crippen LogP contribution in [0.1, 0.15) is 11.1 Å². The minimum absolute atomic E-state index is 0.209. The molecule has 0 aromatic heterocycles. The van der Waals surface area contributed by atoms with Crippen LogP contribution >= 0.6 is 39.1 Å². The van der Waals surface area contributed by atoms with Crippen LogP contribution in [-0.4, -0.2) is 0 Å². The van der Waals surface area contributed by atoms with Crippen molar-refractivity contribution in [3.8, 4) is 11.5 Å². The Kier molecular flexibility index (Phi) is 4.34. The number of ether oxygens (including phenoxy) is 2. The average Bonchev–Trinajstić information content (AvgIpc) is 2.95. The third-order valence-electron chi connectivity index (χ3n) is 4.00. The molecule has 0 fully saturated rings. The van der Waals surface area contributed by atoms with Crippen molar-refractivity contribution in [1.82, 2.24) is 0 Å². The number of hydrogen-bond acceptors (Lipinski definition) is 2. The van der Waals surface area contributed by atoms with Crippen LogP contribution in [0, 0.1) is 11.6 Å². The Hall–Kier alpha value is -1.82. The highest BCUT2D eigenvalue weighted by atomic mass is 79.9. The van der Waals surface area contributed by atoms with Crippen LogP contribution in [-0.2, 0) is 5.79 Å². The Morgan fingerprint density at radius 1 is 0.846 bits per heavy atom. The molecule has 0 aliphatic carbocycles. The standard InChI is InChI=1S/C19H9BrCl2F2O2/c20-14-8-17-18(9-16(14)24)26-19(25-17,10-1-4-12(23)5-2-10)13-6-3-11(21)7-15(13)22/h1-9H/t19-/m1/s1. The van der Waals surface area contributed by atoms with E-state index in [1.165, 1.54) is 36.4 Å². The molecule has 0 amide bonds. The summed E-state index contributed by atoms with van der Waals surface area (Å²) < 4.78 is 39.7. The van der Waals surface area contributed by atoms with Crippen LogP contribution in [0.2, 0.25) is 10.0 Å². The van der Waals surface area contributed by atoms with E-state index < -0.39 is 17.4 Å². The summed E-state index contributed by atoms with van der Waals surface area (Å²) in [6.07, 6.45) is 0. The number of rotatable bonds is 2. The molecule has 0 bridgehead atoms. The molecule has 26 heavy (non-hydrogen) atoms. The lowest BCUT2D eigenvalue weighted by Crippen LogP contribution is -2.37. The normalized spacial score (nSPS) is 18.2. The van der Waals surface area contributed by atoms with Gasteiger partial charge in [-0.3, -0.25) is 0 Å². The van der Waals surface area contributed by atoms with Crippen molar-refractivity contribution >= 4 is 39.1 Å². The van der Waals surface area contributed by atoms with E-state index >= 15 is 0 Å². The molecule has 1 aliphatic rings. The van der Waals surface area contributed by atoms with Gasteiger partial charge in [0.1, 0.15) is 11.6 Å². The molecule has 0 N–H and O–H groups in total. The molecule has 4 rings (SSSR count). The topological polar surface area (TPSA) is 18.5 Å². The van der Waals surface area contributed by atoms with Crippen LogP contribution < -0.4 is 9.47 Å². The Morgan fingerprint density at radius 2 is 1.50 bits per heavy atom. The first kappa shape index (κ1) is 17.6. The van der Waals surface area contributed by atoms with Gasteiger partial charge in [-0.25, -0.2) is 8.78 Å². The maximum atomic E-state index is 13.9. The zero-order chi connectivity index (χ0) is 18.5. The van der Waals surface area contributed by atoms with Crippen molar-refractivity contribution in [2.45, 2.75) is 5.79 Å². The van der Waals surface area contributed by atoms with E-state index in [1.807, 2.05) is 0 Å². The summed E-state index contributed by atoms with van der Waals surface area (Å²) in [5.74, 6) is -1.86. The third-order valence-corrected chi connectivity index (χ3v) is 5.16. The van der Waals surface area contributed by atoms with E-state index in [2.05, 4.69) is 15.9 Å². The molecule has 1 heterocycles. The molecule has 0 saturated heterocycles. The van der Waals surface area contributed by atoms with Crippen molar-refractivity contribution in [3.63, 3.8) is 0 Å². The summed E-state index contributed by atoms with van der Waals surface area (Å²) in [6, 6.07) is 13.2. The van der Waals surface area contributed by atoms with Crippen molar-refractivity contribution in [2.24, 2.45) is 0 Å². The van der Waals surface area contributed by atoms with Gasteiger partial charge in [-0.05, 0) is 58.4 Å². The van der Waals surface area contributed by atoms with Gasteiger partial charge in [-0.1, -0.05) is 23.2 Å².